The highest BCUT2D eigenvalue weighted by atomic mass is 16.6. The average molecular weight is 528 g/mol. The van der Waals surface area contributed by atoms with Crippen molar-refractivity contribution < 1.29 is 33.4 Å². The van der Waals surface area contributed by atoms with Gasteiger partial charge in [0.05, 0.1) is 37.4 Å². The maximum atomic E-state index is 12.4. The molecule has 0 unspecified atom stereocenters. The summed E-state index contributed by atoms with van der Waals surface area (Å²) in [7, 11) is 0. The molecule has 1 aliphatic rings. The van der Waals surface area contributed by atoms with Crippen molar-refractivity contribution in [1.29, 1.82) is 0 Å². The molecule has 212 valence electrons. The first kappa shape index (κ1) is 32.3. The second kappa shape index (κ2) is 16.2. The normalized spacial score (nSPS) is 14.4. The van der Waals surface area contributed by atoms with E-state index in [1.165, 1.54) is 6.42 Å². The Morgan fingerprint density at radius 2 is 1.19 bits per heavy atom. The molecule has 0 spiro atoms. The Morgan fingerprint density at radius 3 is 1.73 bits per heavy atom. The van der Waals surface area contributed by atoms with Crippen molar-refractivity contribution in [2.24, 2.45) is 5.92 Å². The van der Waals surface area contributed by atoms with Crippen LogP contribution in [0.15, 0.2) is 0 Å². The summed E-state index contributed by atoms with van der Waals surface area (Å²) in [6, 6.07) is 0. The van der Waals surface area contributed by atoms with Crippen LogP contribution < -0.4 is 26.6 Å². The first-order valence-corrected chi connectivity index (χ1v) is 13.0. The van der Waals surface area contributed by atoms with Crippen LogP contribution in [0.2, 0.25) is 0 Å². The van der Waals surface area contributed by atoms with E-state index in [4.69, 9.17) is 9.47 Å². The Kier molecular flexibility index (Phi) is 14.1. The van der Waals surface area contributed by atoms with Gasteiger partial charge in [0.1, 0.15) is 6.61 Å². The molecule has 0 bridgehead atoms. The number of amides is 5. The second-order valence-electron chi connectivity index (χ2n) is 10.4. The smallest absolute Gasteiger partial charge is 0.246 e. The van der Waals surface area contributed by atoms with E-state index in [1.807, 2.05) is 13.8 Å². The molecule has 0 aliphatic heterocycles. The van der Waals surface area contributed by atoms with Gasteiger partial charge in [-0.05, 0) is 47.5 Å². The van der Waals surface area contributed by atoms with E-state index in [0.717, 1.165) is 25.7 Å². The van der Waals surface area contributed by atoms with E-state index in [2.05, 4.69) is 26.6 Å². The topological polar surface area (TPSA) is 164 Å². The predicted molar refractivity (Wildman–Crippen MR) is 137 cm³/mol. The van der Waals surface area contributed by atoms with Crippen LogP contribution in [0.25, 0.3) is 0 Å². The van der Waals surface area contributed by atoms with Gasteiger partial charge < -0.3 is 36.1 Å². The van der Waals surface area contributed by atoms with Crippen LogP contribution in [-0.4, -0.2) is 86.7 Å². The molecule has 12 nitrogen and oxygen atoms in total. The van der Waals surface area contributed by atoms with Gasteiger partial charge in [0.15, 0.2) is 0 Å². The van der Waals surface area contributed by atoms with Gasteiger partial charge in [0.25, 0.3) is 0 Å². The van der Waals surface area contributed by atoms with E-state index < -0.39 is 28.9 Å². The summed E-state index contributed by atoms with van der Waals surface area (Å²) in [5.74, 6) is -1.74. The van der Waals surface area contributed by atoms with Crippen LogP contribution in [0.3, 0.4) is 0 Å². The van der Waals surface area contributed by atoms with Crippen molar-refractivity contribution >= 4 is 29.5 Å². The highest BCUT2D eigenvalue weighted by Gasteiger charge is 2.28. The lowest BCUT2D eigenvalue weighted by molar-refractivity contribution is -0.145. The highest BCUT2D eigenvalue weighted by molar-refractivity contribution is 5.90. The summed E-state index contributed by atoms with van der Waals surface area (Å²) in [5.41, 5.74) is -1.40. The van der Waals surface area contributed by atoms with Gasteiger partial charge in [0, 0.05) is 19.0 Å². The molecule has 0 aromatic heterocycles. The molecule has 0 radical (unpaired) electrons. The fourth-order valence-electron chi connectivity index (χ4n) is 3.50. The maximum absolute atomic E-state index is 12.4. The van der Waals surface area contributed by atoms with E-state index >= 15 is 0 Å². The van der Waals surface area contributed by atoms with Crippen molar-refractivity contribution in [1.82, 2.24) is 26.6 Å². The molecule has 0 aromatic carbocycles. The van der Waals surface area contributed by atoms with Crippen LogP contribution in [-0.2, 0) is 33.4 Å². The summed E-state index contributed by atoms with van der Waals surface area (Å²) >= 11 is 0. The van der Waals surface area contributed by atoms with Crippen molar-refractivity contribution in [3.8, 4) is 0 Å². The molecule has 0 saturated heterocycles. The third kappa shape index (κ3) is 15.2. The van der Waals surface area contributed by atoms with E-state index in [9.17, 15) is 24.0 Å². The first-order chi connectivity index (χ1) is 17.3. The van der Waals surface area contributed by atoms with Gasteiger partial charge in [-0.25, -0.2) is 0 Å². The molecular weight excluding hydrogens is 482 g/mol. The van der Waals surface area contributed by atoms with E-state index in [0.29, 0.717) is 13.1 Å². The van der Waals surface area contributed by atoms with Crippen molar-refractivity contribution in [2.75, 3.05) is 45.9 Å². The quantitative estimate of drug-likeness (QED) is 0.185. The molecular formula is C25H45N5O7. The number of rotatable bonds is 16. The zero-order valence-corrected chi connectivity index (χ0v) is 22.9. The average Bonchev–Trinajstić information content (AvgIpc) is 2.86. The number of likely N-dealkylation sites (N-methyl/N-ethyl adjacent to an activating group) is 1. The first-order valence-electron chi connectivity index (χ1n) is 13.0. The fourth-order valence-corrected chi connectivity index (χ4v) is 3.50. The Hall–Kier alpha value is -2.73. The van der Waals surface area contributed by atoms with Crippen molar-refractivity contribution in [3.63, 3.8) is 0 Å². The second-order valence-corrected chi connectivity index (χ2v) is 10.4. The van der Waals surface area contributed by atoms with Gasteiger partial charge in [-0.15, -0.1) is 0 Å². The molecule has 1 aliphatic carbocycles. The van der Waals surface area contributed by atoms with Crippen LogP contribution in [0.5, 0.6) is 0 Å². The van der Waals surface area contributed by atoms with Crippen molar-refractivity contribution in [3.05, 3.63) is 0 Å². The van der Waals surface area contributed by atoms with Crippen LogP contribution in [0, 0.1) is 5.92 Å². The minimum atomic E-state index is -0.785. The minimum Gasteiger partial charge on any atom is -0.371 e. The van der Waals surface area contributed by atoms with Gasteiger partial charge >= 0.3 is 0 Å². The number of nitrogens with one attached hydrogen (secondary N) is 5. The summed E-state index contributed by atoms with van der Waals surface area (Å²) in [6.45, 7) is 9.02. The summed E-state index contributed by atoms with van der Waals surface area (Å²) in [5, 5.41) is 12.7. The number of hydrogen-bond donors (Lipinski definition) is 5. The SMILES string of the molecule is CCNC(=O)CNC(=O)CNC(=O)CNC(=O)COC(C)(C)COC(C)(C)CNC(=O)C1CCCCC1. The van der Waals surface area contributed by atoms with Crippen LogP contribution in [0.1, 0.15) is 66.7 Å². The van der Waals surface area contributed by atoms with Gasteiger partial charge in [0.2, 0.25) is 29.5 Å². The molecule has 0 atom stereocenters. The Bertz CT molecular complexity index is 779. The molecule has 37 heavy (non-hydrogen) atoms. The largest absolute Gasteiger partial charge is 0.371 e. The molecule has 1 fully saturated rings. The zero-order valence-electron chi connectivity index (χ0n) is 22.9. The van der Waals surface area contributed by atoms with Gasteiger partial charge in [-0.1, -0.05) is 19.3 Å². The van der Waals surface area contributed by atoms with Gasteiger partial charge in [-0.2, -0.15) is 0 Å². The molecule has 0 heterocycles. The standard InChI is InChI=1S/C25H45N5O7/c1-6-26-19(31)12-27-20(32)13-28-21(33)14-29-22(34)15-36-25(4,5)17-37-24(2,3)16-30-23(35)18-10-8-7-9-11-18/h18H,6-17H2,1-5H3,(H,26,31)(H,27,32)(H,28,33)(H,29,34)(H,30,35). The lowest BCUT2D eigenvalue weighted by Crippen LogP contribution is -2.46. The third-order valence-electron chi connectivity index (χ3n) is 5.78. The number of ether oxygens (including phenoxy) is 2. The molecule has 1 saturated carbocycles. The summed E-state index contributed by atoms with van der Waals surface area (Å²) in [4.78, 5) is 59.2. The molecule has 0 aromatic rings. The van der Waals surface area contributed by atoms with Crippen LogP contribution in [0.4, 0.5) is 0 Å². The molecule has 5 amide bonds. The predicted octanol–water partition coefficient (Wildman–Crippen LogP) is -0.242. The summed E-state index contributed by atoms with van der Waals surface area (Å²) in [6.07, 6.45) is 5.26. The maximum Gasteiger partial charge on any atom is 0.246 e. The Balaban J connectivity index is 2.23. The van der Waals surface area contributed by atoms with E-state index in [1.54, 1.807) is 20.8 Å². The third-order valence-corrected chi connectivity index (χ3v) is 5.78. The number of carbonyl (C=O) groups is 5. The molecule has 12 heteroatoms. The zero-order chi connectivity index (χ0) is 27.9. The fraction of sp³-hybridized carbons (Fsp3) is 0.800. The number of hydrogen-bond acceptors (Lipinski definition) is 7. The monoisotopic (exact) mass is 527 g/mol. The van der Waals surface area contributed by atoms with Gasteiger partial charge in [-0.3, -0.25) is 24.0 Å². The molecule has 1 rings (SSSR count). The minimum absolute atomic E-state index is 0.0765. The lowest BCUT2D eigenvalue weighted by Gasteiger charge is -2.32. The van der Waals surface area contributed by atoms with E-state index in [-0.39, 0.29) is 50.6 Å². The Morgan fingerprint density at radius 1 is 0.676 bits per heavy atom. The lowest BCUT2D eigenvalue weighted by atomic mass is 9.88. The Labute approximate surface area is 219 Å². The highest BCUT2D eigenvalue weighted by Crippen LogP contribution is 2.24. The summed E-state index contributed by atoms with van der Waals surface area (Å²) < 4.78 is 11.6. The van der Waals surface area contributed by atoms with Crippen LogP contribution >= 0.6 is 0 Å². The number of carbonyl (C=O) groups excluding carboxylic acids is 5. The van der Waals surface area contributed by atoms with Crippen molar-refractivity contribution in [2.45, 2.75) is 77.9 Å². The molecule has 5 N–H and O–H groups in total.